The molecule has 0 radical (unpaired) electrons. The summed E-state index contributed by atoms with van der Waals surface area (Å²) in [5.41, 5.74) is 8.64. The Morgan fingerprint density at radius 2 is 1.93 bits per heavy atom. The smallest absolute Gasteiger partial charge is 0.255 e. The predicted octanol–water partition coefficient (Wildman–Crippen LogP) is 4.69. The lowest BCUT2D eigenvalue weighted by molar-refractivity contribution is 0.0951. The molecular weight excluding hydrogens is 378 g/mol. The molecule has 0 aliphatic heterocycles. The molecule has 0 saturated heterocycles. The van der Waals surface area contributed by atoms with Crippen molar-refractivity contribution in [3.8, 4) is 11.5 Å². The fourth-order valence-corrected chi connectivity index (χ4v) is 2.80. The van der Waals surface area contributed by atoms with Gasteiger partial charge in [-0.1, -0.05) is 49.6 Å². The van der Waals surface area contributed by atoms with E-state index in [2.05, 4.69) is 23.5 Å². The van der Waals surface area contributed by atoms with Crippen LogP contribution >= 0.6 is 0 Å². The van der Waals surface area contributed by atoms with E-state index < -0.39 is 0 Å². The maximum absolute atomic E-state index is 12.5. The van der Waals surface area contributed by atoms with Crippen molar-refractivity contribution >= 4 is 17.8 Å². The molecule has 3 N–H and O–H groups in total. The molecule has 6 heteroatoms. The minimum atomic E-state index is -0.306. The summed E-state index contributed by atoms with van der Waals surface area (Å²) >= 11 is 0. The number of nitrogens with zero attached hydrogens (tertiary/aromatic N) is 1. The monoisotopic (exact) mass is 401 g/mol. The van der Waals surface area contributed by atoms with Crippen molar-refractivity contribution in [1.82, 2.24) is 10.3 Å². The quantitative estimate of drug-likeness (QED) is 0.508. The Morgan fingerprint density at radius 3 is 2.70 bits per heavy atom. The standard InChI is InChI=1S/C24H23N3O3/c1-3-18-9-5-6-11-22(18)30-20-10-7-8-17(14-20)15-26-24(28)21-13-12-19(16-29-4-2)27-23(21)25/h3-14H,1-2,15-16H2,(H2,25,27)(H,26,28). The van der Waals surface area contributed by atoms with Crippen LogP contribution < -0.4 is 15.8 Å². The first-order valence-electron chi connectivity index (χ1n) is 9.35. The third-order valence-electron chi connectivity index (χ3n) is 4.29. The summed E-state index contributed by atoms with van der Waals surface area (Å²) in [6, 6.07) is 18.5. The number of nitrogen functional groups attached to an aromatic ring is 1. The van der Waals surface area contributed by atoms with Gasteiger partial charge in [-0.15, -0.1) is 0 Å². The van der Waals surface area contributed by atoms with Gasteiger partial charge in [0.2, 0.25) is 0 Å². The SMILES string of the molecule is C=COCc1ccc(C(=O)NCc2cccc(Oc3ccccc3C=C)c2)c(N)n1. The van der Waals surface area contributed by atoms with E-state index in [9.17, 15) is 4.79 Å². The summed E-state index contributed by atoms with van der Waals surface area (Å²) in [5.74, 6) is 1.23. The number of hydrogen-bond acceptors (Lipinski definition) is 5. The van der Waals surface area contributed by atoms with E-state index in [0.29, 0.717) is 29.3 Å². The minimum absolute atomic E-state index is 0.149. The molecule has 0 unspecified atom stereocenters. The van der Waals surface area contributed by atoms with E-state index in [-0.39, 0.29) is 18.3 Å². The molecule has 6 nitrogen and oxygen atoms in total. The highest BCUT2D eigenvalue weighted by Gasteiger charge is 2.12. The van der Waals surface area contributed by atoms with Gasteiger partial charge < -0.3 is 20.5 Å². The second-order valence-electron chi connectivity index (χ2n) is 6.39. The molecule has 0 bridgehead atoms. The molecule has 152 valence electrons. The van der Waals surface area contributed by atoms with Crippen molar-refractivity contribution in [3.63, 3.8) is 0 Å². The maximum Gasteiger partial charge on any atom is 0.255 e. The molecule has 1 heterocycles. The van der Waals surface area contributed by atoms with E-state index in [1.807, 2.05) is 48.5 Å². The van der Waals surface area contributed by atoms with E-state index in [1.165, 1.54) is 6.26 Å². The highest BCUT2D eigenvalue weighted by Crippen LogP contribution is 2.26. The molecule has 1 amide bonds. The van der Waals surface area contributed by atoms with Crippen LogP contribution in [0.5, 0.6) is 11.5 Å². The van der Waals surface area contributed by atoms with Gasteiger partial charge in [-0.3, -0.25) is 4.79 Å². The van der Waals surface area contributed by atoms with Gasteiger partial charge in [0.05, 0.1) is 17.5 Å². The van der Waals surface area contributed by atoms with Gasteiger partial charge in [0.1, 0.15) is 23.9 Å². The number of nitrogens with one attached hydrogen (secondary N) is 1. The van der Waals surface area contributed by atoms with E-state index >= 15 is 0 Å². The van der Waals surface area contributed by atoms with Crippen LogP contribution in [-0.2, 0) is 17.9 Å². The number of hydrogen-bond donors (Lipinski definition) is 2. The van der Waals surface area contributed by atoms with Crippen LogP contribution in [0.3, 0.4) is 0 Å². The normalized spacial score (nSPS) is 10.1. The number of carbonyl (C=O) groups is 1. The van der Waals surface area contributed by atoms with Gasteiger partial charge in [-0.2, -0.15) is 0 Å². The zero-order chi connectivity index (χ0) is 21.3. The zero-order valence-electron chi connectivity index (χ0n) is 16.5. The summed E-state index contributed by atoms with van der Waals surface area (Å²) in [4.78, 5) is 16.7. The van der Waals surface area contributed by atoms with Gasteiger partial charge in [-0.25, -0.2) is 4.98 Å². The topological polar surface area (TPSA) is 86.5 Å². The van der Waals surface area contributed by atoms with E-state index in [1.54, 1.807) is 18.2 Å². The Balaban J connectivity index is 1.65. The Bertz CT molecular complexity index is 1060. The van der Waals surface area contributed by atoms with Crippen molar-refractivity contribution in [2.75, 3.05) is 5.73 Å². The Labute approximate surface area is 175 Å². The third-order valence-corrected chi connectivity index (χ3v) is 4.29. The van der Waals surface area contributed by atoms with Gasteiger partial charge in [-0.05, 0) is 35.9 Å². The van der Waals surface area contributed by atoms with Crippen LogP contribution in [0.1, 0.15) is 27.2 Å². The second kappa shape index (κ2) is 9.93. The molecule has 0 aliphatic carbocycles. The Kier molecular flexibility index (Phi) is 6.84. The number of pyridine rings is 1. The Morgan fingerprint density at radius 1 is 1.10 bits per heavy atom. The average molecular weight is 401 g/mol. The van der Waals surface area contributed by atoms with Crippen LogP contribution in [0.4, 0.5) is 5.82 Å². The first-order valence-corrected chi connectivity index (χ1v) is 9.35. The molecule has 3 rings (SSSR count). The van der Waals surface area contributed by atoms with E-state index in [0.717, 1.165) is 11.1 Å². The number of ether oxygens (including phenoxy) is 2. The van der Waals surface area contributed by atoms with Crippen LogP contribution in [0.15, 0.2) is 80.1 Å². The zero-order valence-corrected chi connectivity index (χ0v) is 16.5. The summed E-state index contributed by atoms with van der Waals surface area (Å²) < 4.78 is 11.0. The van der Waals surface area contributed by atoms with Crippen LogP contribution in [0, 0.1) is 0 Å². The number of amides is 1. The van der Waals surface area contributed by atoms with Gasteiger partial charge in [0, 0.05) is 12.1 Å². The van der Waals surface area contributed by atoms with Crippen LogP contribution in [0.25, 0.3) is 6.08 Å². The number of carbonyl (C=O) groups excluding carboxylic acids is 1. The molecule has 0 saturated carbocycles. The number of aromatic nitrogens is 1. The van der Waals surface area contributed by atoms with Gasteiger partial charge in [0.15, 0.2) is 0 Å². The summed E-state index contributed by atoms with van der Waals surface area (Å²) in [6.45, 7) is 7.84. The lowest BCUT2D eigenvalue weighted by Crippen LogP contribution is -2.24. The number of nitrogens with two attached hydrogens (primary N) is 1. The Hall–Kier alpha value is -4.06. The van der Waals surface area contributed by atoms with E-state index in [4.69, 9.17) is 15.2 Å². The fourth-order valence-electron chi connectivity index (χ4n) is 2.80. The summed E-state index contributed by atoms with van der Waals surface area (Å²) in [7, 11) is 0. The summed E-state index contributed by atoms with van der Waals surface area (Å²) in [5, 5.41) is 2.85. The lowest BCUT2D eigenvalue weighted by Gasteiger charge is -2.11. The molecule has 0 aliphatic rings. The summed E-state index contributed by atoms with van der Waals surface area (Å²) in [6.07, 6.45) is 3.07. The number of rotatable bonds is 9. The van der Waals surface area contributed by atoms with Crippen molar-refractivity contribution in [1.29, 1.82) is 0 Å². The first-order chi connectivity index (χ1) is 14.6. The van der Waals surface area contributed by atoms with Crippen molar-refractivity contribution in [3.05, 3.63) is 102 Å². The molecule has 30 heavy (non-hydrogen) atoms. The van der Waals surface area contributed by atoms with Crippen LogP contribution in [0.2, 0.25) is 0 Å². The number of benzene rings is 2. The van der Waals surface area contributed by atoms with Gasteiger partial charge >= 0.3 is 0 Å². The minimum Gasteiger partial charge on any atom is -0.496 e. The molecule has 0 atom stereocenters. The maximum atomic E-state index is 12.5. The second-order valence-corrected chi connectivity index (χ2v) is 6.39. The lowest BCUT2D eigenvalue weighted by atomic mass is 10.1. The third kappa shape index (κ3) is 5.26. The molecular formula is C24H23N3O3. The number of anilines is 1. The first kappa shape index (κ1) is 20.7. The molecule has 2 aromatic carbocycles. The number of para-hydroxylation sites is 1. The largest absolute Gasteiger partial charge is 0.496 e. The molecule has 0 spiro atoms. The highest BCUT2D eigenvalue weighted by atomic mass is 16.5. The van der Waals surface area contributed by atoms with Crippen LogP contribution in [-0.4, -0.2) is 10.9 Å². The van der Waals surface area contributed by atoms with Crippen molar-refractivity contribution < 1.29 is 14.3 Å². The molecule has 3 aromatic rings. The molecule has 1 aromatic heterocycles. The van der Waals surface area contributed by atoms with Crippen molar-refractivity contribution in [2.45, 2.75) is 13.2 Å². The van der Waals surface area contributed by atoms with Gasteiger partial charge in [0.25, 0.3) is 5.91 Å². The predicted molar refractivity (Wildman–Crippen MR) is 118 cm³/mol. The highest BCUT2D eigenvalue weighted by molar-refractivity contribution is 5.98. The van der Waals surface area contributed by atoms with Crippen molar-refractivity contribution in [2.24, 2.45) is 0 Å². The molecule has 0 fully saturated rings. The average Bonchev–Trinajstić information content (AvgIpc) is 2.77. The fraction of sp³-hybridized carbons (Fsp3) is 0.0833.